The zero-order valence-electron chi connectivity index (χ0n) is 17.2. The van der Waals surface area contributed by atoms with Gasteiger partial charge >= 0.3 is 5.97 Å². The van der Waals surface area contributed by atoms with E-state index in [2.05, 4.69) is 10.3 Å². The van der Waals surface area contributed by atoms with E-state index in [0.717, 1.165) is 5.56 Å². The molecule has 0 fully saturated rings. The van der Waals surface area contributed by atoms with Gasteiger partial charge in [-0.05, 0) is 31.9 Å². The van der Waals surface area contributed by atoms with Gasteiger partial charge in [-0.1, -0.05) is 60.7 Å². The van der Waals surface area contributed by atoms with Gasteiger partial charge in [0.2, 0.25) is 0 Å². The van der Waals surface area contributed by atoms with Crippen LogP contribution in [-0.2, 0) is 9.53 Å². The van der Waals surface area contributed by atoms with Gasteiger partial charge in [0.05, 0.1) is 18.2 Å². The third-order valence-electron chi connectivity index (χ3n) is 4.81. The number of hydrogen-bond donors (Lipinski definition) is 2. The first-order chi connectivity index (χ1) is 14.4. The lowest BCUT2D eigenvalue weighted by Gasteiger charge is -2.14. The molecular formula is C24H24N2O4. The largest absolute Gasteiger partial charge is 0.462 e. The van der Waals surface area contributed by atoms with E-state index in [0.29, 0.717) is 16.8 Å². The van der Waals surface area contributed by atoms with Gasteiger partial charge in [0.1, 0.15) is 5.69 Å². The van der Waals surface area contributed by atoms with Gasteiger partial charge in [-0.25, -0.2) is 4.79 Å². The lowest BCUT2D eigenvalue weighted by molar-refractivity contribution is -0.117. The summed E-state index contributed by atoms with van der Waals surface area (Å²) in [5.41, 5.74) is 2.71. The fraction of sp³-hybridized carbons (Fsp3) is 0.208. The number of aromatic amines is 1. The van der Waals surface area contributed by atoms with Crippen LogP contribution in [0.25, 0.3) is 11.1 Å². The average molecular weight is 404 g/mol. The highest BCUT2D eigenvalue weighted by molar-refractivity contribution is 6.44. The Balaban J connectivity index is 1.98. The van der Waals surface area contributed by atoms with E-state index in [-0.39, 0.29) is 23.9 Å². The highest BCUT2D eigenvalue weighted by atomic mass is 16.5. The number of aryl methyl sites for hydroxylation is 1. The van der Waals surface area contributed by atoms with Crippen LogP contribution < -0.4 is 5.32 Å². The van der Waals surface area contributed by atoms with Gasteiger partial charge in [0.25, 0.3) is 11.7 Å². The van der Waals surface area contributed by atoms with E-state index in [1.165, 1.54) is 0 Å². The van der Waals surface area contributed by atoms with E-state index >= 15 is 0 Å². The Bertz CT molecular complexity index is 1060. The van der Waals surface area contributed by atoms with Crippen molar-refractivity contribution in [3.05, 3.63) is 83.2 Å². The van der Waals surface area contributed by atoms with Crippen LogP contribution in [0.1, 0.15) is 52.0 Å². The number of ether oxygens (including phenoxy) is 1. The van der Waals surface area contributed by atoms with Gasteiger partial charge in [-0.2, -0.15) is 0 Å². The molecule has 1 atom stereocenters. The van der Waals surface area contributed by atoms with Crippen molar-refractivity contribution in [2.45, 2.75) is 26.8 Å². The molecule has 0 aliphatic carbocycles. The number of carbonyl (C=O) groups is 3. The van der Waals surface area contributed by atoms with Crippen LogP contribution in [0.15, 0.2) is 60.7 Å². The quantitative estimate of drug-likeness (QED) is 0.350. The summed E-state index contributed by atoms with van der Waals surface area (Å²) >= 11 is 0. The number of rotatable bonds is 7. The second kappa shape index (κ2) is 9.22. The minimum Gasteiger partial charge on any atom is -0.462 e. The average Bonchev–Trinajstić information content (AvgIpc) is 3.11. The first kappa shape index (κ1) is 21.0. The molecule has 0 aliphatic heterocycles. The molecule has 30 heavy (non-hydrogen) atoms. The predicted molar refractivity (Wildman–Crippen MR) is 114 cm³/mol. The maximum atomic E-state index is 13.1. The molecule has 0 aliphatic rings. The van der Waals surface area contributed by atoms with Crippen molar-refractivity contribution in [1.29, 1.82) is 0 Å². The maximum absolute atomic E-state index is 13.1. The first-order valence-electron chi connectivity index (χ1n) is 9.79. The summed E-state index contributed by atoms with van der Waals surface area (Å²) in [7, 11) is 0. The fourth-order valence-electron chi connectivity index (χ4n) is 3.35. The van der Waals surface area contributed by atoms with Gasteiger partial charge in [-0.15, -0.1) is 0 Å². The normalized spacial score (nSPS) is 11.6. The number of nitrogens with one attached hydrogen (secondary N) is 2. The summed E-state index contributed by atoms with van der Waals surface area (Å²) in [5, 5.41) is 2.73. The van der Waals surface area contributed by atoms with E-state index in [1.807, 2.05) is 43.3 Å². The minimum absolute atomic E-state index is 0.0690. The van der Waals surface area contributed by atoms with E-state index in [1.54, 1.807) is 38.1 Å². The van der Waals surface area contributed by atoms with Gasteiger partial charge in [0, 0.05) is 11.3 Å². The number of hydrogen-bond acceptors (Lipinski definition) is 4. The molecule has 3 aromatic rings. The van der Waals surface area contributed by atoms with Crippen LogP contribution >= 0.6 is 0 Å². The first-order valence-corrected chi connectivity index (χ1v) is 9.79. The van der Waals surface area contributed by atoms with Crippen LogP contribution in [0.5, 0.6) is 0 Å². The molecule has 3 rings (SSSR count). The molecule has 6 heteroatoms. The van der Waals surface area contributed by atoms with Crippen LogP contribution in [0.3, 0.4) is 0 Å². The Hall–Kier alpha value is -3.67. The number of H-pyrrole nitrogens is 1. The lowest BCUT2D eigenvalue weighted by Crippen LogP contribution is -2.33. The fourth-order valence-corrected chi connectivity index (χ4v) is 3.35. The Kier molecular flexibility index (Phi) is 6.47. The van der Waals surface area contributed by atoms with Crippen molar-refractivity contribution in [3.8, 4) is 11.1 Å². The van der Waals surface area contributed by atoms with E-state index in [4.69, 9.17) is 4.74 Å². The summed E-state index contributed by atoms with van der Waals surface area (Å²) < 4.78 is 5.18. The third-order valence-corrected chi connectivity index (χ3v) is 4.81. The van der Waals surface area contributed by atoms with Crippen molar-refractivity contribution < 1.29 is 19.1 Å². The Morgan fingerprint density at radius 1 is 1.00 bits per heavy atom. The third kappa shape index (κ3) is 4.33. The summed E-state index contributed by atoms with van der Waals surface area (Å²) in [6.07, 6.45) is 0. The summed E-state index contributed by atoms with van der Waals surface area (Å²) in [6, 6.07) is 18.0. The highest BCUT2D eigenvalue weighted by Crippen LogP contribution is 2.31. The number of Topliss-reactive ketones (excluding diaryl/α,β-unsaturated/α-hetero) is 1. The number of aromatic nitrogens is 1. The van der Waals surface area contributed by atoms with Crippen molar-refractivity contribution in [1.82, 2.24) is 10.3 Å². The van der Waals surface area contributed by atoms with Gasteiger partial charge in [-0.3, -0.25) is 9.59 Å². The number of esters is 1. The smallest absolute Gasteiger partial charge is 0.340 e. The molecule has 1 aromatic heterocycles. The zero-order valence-corrected chi connectivity index (χ0v) is 17.2. The molecule has 0 spiro atoms. The lowest BCUT2D eigenvalue weighted by atomic mass is 9.98. The number of carbonyl (C=O) groups excluding carboxylic acids is 3. The molecule has 0 radical (unpaired) electrons. The number of amides is 1. The molecule has 2 aromatic carbocycles. The summed E-state index contributed by atoms with van der Waals surface area (Å²) in [5.74, 6) is -2.03. The van der Waals surface area contributed by atoms with Crippen LogP contribution in [-0.4, -0.2) is 29.3 Å². The number of ketones is 1. The van der Waals surface area contributed by atoms with Crippen molar-refractivity contribution in [3.63, 3.8) is 0 Å². The summed E-state index contributed by atoms with van der Waals surface area (Å²) in [6.45, 7) is 5.41. The van der Waals surface area contributed by atoms with Gasteiger partial charge in [0.15, 0.2) is 0 Å². The molecule has 0 saturated heterocycles. The molecule has 1 heterocycles. The Labute approximate surface area is 175 Å². The van der Waals surface area contributed by atoms with Crippen LogP contribution in [0, 0.1) is 6.92 Å². The van der Waals surface area contributed by atoms with Crippen LogP contribution in [0.2, 0.25) is 0 Å². The zero-order chi connectivity index (χ0) is 21.7. The Morgan fingerprint density at radius 2 is 1.60 bits per heavy atom. The number of benzene rings is 2. The van der Waals surface area contributed by atoms with Gasteiger partial charge < -0.3 is 15.0 Å². The summed E-state index contributed by atoms with van der Waals surface area (Å²) in [4.78, 5) is 41.3. The van der Waals surface area contributed by atoms with Crippen molar-refractivity contribution >= 4 is 17.7 Å². The second-order valence-corrected chi connectivity index (χ2v) is 6.90. The van der Waals surface area contributed by atoms with Crippen LogP contribution in [0.4, 0.5) is 0 Å². The Morgan fingerprint density at radius 3 is 2.20 bits per heavy atom. The van der Waals surface area contributed by atoms with Crippen molar-refractivity contribution in [2.24, 2.45) is 0 Å². The van der Waals surface area contributed by atoms with E-state index < -0.39 is 17.7 Å². The second-order valence-electron chi connectivity index (χ2n) is 6.90. The topological polar surface area (TPSA) is 88.3 Å². The predicted octanol–water partition coefficient (Wildman–Crippen LogP) is 4.23. The maximum Gasteiger partial charge on any atom is 0.340 e. The molecule has 2 N–H and O–H groups in total. The molecule has 6 nitrogen and oxygen atoms in total. The molecular weight excluding hydrogens is 380 g/mol. The SMILES string of the molecule is CCOC(=O)c1c(C)[nH]c(C(=O)C(=O)N[C@H](C)c2ccccc2)c1-c1ccccc1. The molecule has 0 bridgehead atoms. The molecule has 154 valence electrons. The minimum atomic E-state index is -0.750. The van der Waals surface area contributed by atoms with Crippen molar-refractivity contribution in [2.75, 3.05) is 6.61 Å². The monoisotopic (exact) mass is 404 g/mol. The molecule has 0 saturated carbocycles. The van der Waals surface area contributed by atoms with E-state index in [9.17, 15) is 14.4 Å². The molecule has 1 amide bonds. The molecule has 0 unspecified atom stereocenters. The highest BCUT2D eigenvalue weighted by Gasteiger charge is 2.30. The standard InChI is InChI=1S/C24H24N2O4/c1-4-30-24(29)19-16(3)25-21(20(19)18-13-9-6-10-14-18)22(27)23(28)26-15(2)17-11-7-5-8-12-17/h5-15,25H,4H2,1-3H3,(H,26,28)/t15-/m1/s1.